The van der Waals surface area contributed by atoms with Crippen LogP contribution in [0, 0.1) is 13.8 Å². The van der Waals surface area contributed by atoms with Crippen molar-refractivity contribution in [1.29, 1.82) is 0 Å². The lowest BCUT2D eigenvalue weighted by Crippen LogP contribution is -1.94. The molecule has 0 aliphatic heterocycles. The minimum absolute atomic E-state index is 0.244. The zero-order chi connectivity index (χ0) is 25.0. The maximum atomic E-state index is 10.0. The number of aromatic hydroxyl groups is 1. The van der Waals surface area contributed by atoms with E-state index in [1.165, 1.54) is 0 Å². The monoisotopic (exact) mass is 533 g/mol. The first-order valence-corrected chi connectivity index (χ1v) is 12.6. The molecule has 0 bridgehead atoms. The summed E-state index contributed by atoms with van der Waals surface area (Å²) < 4.78 is 2.91. The predicted octanol–water partition coefficient (Wildman–Crippen LogP) is 7.21. The van der Waals surface area contributed by atoms with Gasteiger partial charge >= 0.3 is 6.15 Å². The van der Waals surface area contributed by atoms with Crippen LogP contribution in [-0.2, 0) is 9.59 Å². The van der Waals surface area contributed by atoms with Crippen LogP contribution in [-0.4, -0.2) is 31.3 Å². The topological polar surface area (TPSA) is 85.1 Å². The highest BCUT2D eigenvalue weighted by Crippen LogP contribution is 2.41. The van der Waals surface area contributed by atoms with Crippen molar-refractivity contribution in [2.24, 2.45) is 0 Å². The second-order valence-corrected chi connectivity index (χ2v) is 11.3. The van der Waals surface area contributed by atoms with Gasteiger partial charge in [-0.2, -0.15) is 14.7 Å². The molecule has 0 aliphatic rings. The molecule has 4 rings (SSSR count). The van der Waals surface area contributed by atoms with Gasteiger partial charge in [-0.1, -0.05) is 60.5 Å². The summed E-state index contributed by atoms with van der Waals surface area (Å²) >= 11 is 15.7. The van der Waals surface area contributed by atoms with E-state index in [9.17, 15) is 5.11 Å². The number of phenolic OH excluding ortho intramolecular Hbond substituents is 1. The number of benzene rings is 2. The van der Waals surface area contributed by atoms with Crippen LogP contribution in [0.4, 0.5) is 0 Å². The van der Waals surface area contributed by atoms with Gasteiger partial charge in [-0.05, 0) is 49.2 Å². The minimum Gasteiger partial charge on any atom is -0.508 e. The Morgan fingerprint density at radius 1 is 1.06 bits per heavy atom. The molecule has 0 amide bonds. The molecule has 2 aromatic heterocycles. The minimum atomic E-state index is 0.244. The van der Waals surface area contributed by atoms with Gasteiger partial charge in [-0.15, -0.1) is 11.8 Å². The number of phenols is 1. The number of rotatable bonds is 5. The van der Waals surface area contributed by atoms with Crippen LogP contribution in [0.5, 0.6) is 5.75 Å². The fourth-order valence-electron chi connectivity index (χ4n) is 3.27. The number of hydrogen-bond donors (Lipinski definition) is 1. The first-order valence-electron chi connectivity index (χ1n) is 10.1. The molecule has 0 radical (unpaired) electrons. The number of carbonyl (C=O) groups excluding carboxylic acids is 2. The summed E-state index contributed by atoms with van der Waals surface area (Å²) in [5.41, 5.74) is 5.55. The van der Waals surface area contributed by atoms with E-state index >= 15 is 0 Å². The SMILES string of the molecule is Cc1cc(O)cc(-c2cn(-c3nc(-c4ccc(Cl)c(Cl)c4)c(SC(C)C)s3)nc2C)c1.O=C=O. The Kier molecular flexibility index (Phi) is 8.57. The number of hydrogen-bond acceptors (Lipinski definition) is 7. The van der Waals surface area contributed by atoms with E-state index < -0.39 is 0 Å². The van der Waals surface area contributed by atoms with Crippen molar-refractivity contribution >= 4 is 52.5 Å². The van der Waals surface area contributed by atoms with Gasteiger partial charge in [-0.3, -0.25) is 0 Å². The highest BCUT2D eigenvalue weighted by Gasteiger charge is 2.19. The molecule has 6 nitrogen and oxygen atoms in total. The van der Waals surface area contributed by atoms with Crippen molar-refractivity contribution in [3.05, 3.63) is 63.9 Å². The molecule has 1 N–H and O–H groups in total. The van der Waals surface area contributed by atoms with Gasteiger partial charge in [0.25, 0.3) is 0 Å². The third-order valence-electron chi connectivity index (χ3n) is 4.59. The summed E-state index contributed by atoms with van der Waals surface area (Å²) in [5.74, 6) is 0.244. The second-order valence-electron chi connectivity index (χ2n) is 7.64. The smallest absolute Gasteiger partial charge is 0.373 e. The van der Waals surface area contributed by atoms with Gasteiger partial charge in [-0.25, -0.2) is 9.67 Å². The largest absolute Gasteiger partial charge is 0.508 e. The fourth-order valence-corrected chi connectivity index (χ4v) is 6.02. The first kappa shape index (κ1) is 26.0. The molecule has 0 atom stereocenters. The standard InChI is InChI=1S/C23H21Cl2N3OS2.CO2/c1-12(2)30-22-21(15-5-6-19(24)20(25)10-15)26-23(31-22)28-11-18(14(4)27-28)16-7-13(3)8-17(29)9-16;2-1-3/h5-12,29H,1-4H3;. The normalized spacial score (nSPS) is 10.7. The first-order chi connectivity index (χ1) is 16.1. The molecule has 0 saturated carbocycles. The lowest BCUT2D eigenvalue weighted by Gasteiger charge is -2.05. The van der Waals surface area contributed by atoms with E-state index in [1.54, 1.807) is 46.0 Å². The molecule has 2 aromatic carbocycles. The lowest BCUT2D eigenvalue weighted by atomic mass is 10.0. The second kappa shape index (κ2) is 11.2. The Morgan fingerprint density at radius 3 is 2.38 bits per heavy atom. The van der Waals surface area contributed by atoms with Gasteiger partial charge in [0.05, 0.1) is 25.6 Å². The third kappa shape index (κ3) is 6.09. The number of halogens is 2. The van der Waals surface area contributed by atoms with Gasteiger partial charge < -0.3 is 5.11 Å². The van der Waals surface area contributed by atoms with Crippen LogP contribution in [0.2, 0.25) is 10.0 Å². The van der Waals surface area contributed by atoms with Crippen molar-refractivity contribution in [2.75, 3.05) is 0 Å². The molecule has 0 unspecified atom stereocenters. The average molecular weight is 534 g/mol. The number of nitrogens with zero attached hydrogens (tertiary/aromatic N) is 3. The Morgan fingerprint density at radius 2 is 1.76 bits per heavy atom. The predicted molar refractivity (Wildman–Crippen MR) is 137 cm³/mol. The Balaban J connectivity index is 0.00000103. The maximum absolute atomic E-state index is 10.0. The Hall–Kier alpha value is -2.61. The van der Waals surface area contributed by atoms with Gasteiger partial charge in [0, 0.05) is 22.6 Å². The quantitative estimate of drug-likeness (QED) is 0.273. The van der Waals surface area contributed by atoms with Crippen LogP contribution in [0.15, 0.2) is 46.8 Å². The van der Waals surface area contributed by atoms with Gasteiger partial charge in [0.15, 0.2) is 0 Å². The summed E-state index contributed by atoms with van der Waals surface area (Å²) in [6.07, 6.45) is 2.21. The zero-order valence-corrected chi connectivity index (χ0v) is 21.9. The molecular weight excluding hydrogens is 513 g/mol. The average Bonchev–Trinajstić information content (AvgIpc) is 3.33. The molecule has 0 fully saturated rings. The summed E-state index contributed by atoms with van der Waals surface area (Å²) in [6, 6.07) is 11.1. The number of aromatic nitrogens is 3. The molecular formula is C24H21Cl2N3O3S2. The number of thioether (sulfide) groups is 1. The maximum Gasteiger partial charge on any atom is 0.373 e. The van der Waals surface area contributed by atoms with E-state index in [4.69, 9.17) is 42.9 Å². The molecule has 4 aromatic rings. The molecule has 0 spiro atoms. The molecule has 176 valence electrons. The van der Waals surface area contributed by atoms with Gasteiger partial charge in [0.1, 0.15) is 5.75 Å². The van der Waals surface area contributed by atoms with E-state index in [-0.39, 0.29) is 11.9 Å². The van der Waals surface area contributed by atoms with Crippen LogP contribution < -0.4 is 0 Å². The zero-order valence-electron chi connectivity index (χ0n) is 18.8. The number of aryl methyl sites for hydroxylation is 2. The molecule has 34 heavy (non-hydrogen) atoms. The van der Waals surface area contributed by atoms with Crippen molar-refractivity contribution in [3.8, 4) is 33.3 Å². The third-order valence-corrected chi connectivity index (χ3v) is 7.58. The molecule has 10 heteroatoms. The van der Waals surface area contributed by atoms with Crippen LogP contribution in [0.25, 0.3) is 27.5 Å². The van der Waals surface area contributed by atoms with Crippen LogP contribution in [0.1, 0.15) is 25.1 Å². The van der Waals surface area contributed by atoms with Gasteiger partial charge in [0.2, 0.25) is 5.13 Å². The van der Waals surface area contributed by atoms with E-state index in [1.807, 2.05) is 38.2 Å². The molecule has 2 heterocycles. The highest BCUT2D eigenvalue weighted by atomic mass is 35.5. The summed E-state index contributed by atoms with van der Waals surface area (Å²) in [7, 11) is 0. The van der Waals surface area contributed by atoms with E-state index in [0.717, 1.165) is 43.0 Å². The lowest BCUT2D eigenvalue weighted by molar-refractivity contribution is -0.191. The van der Waals surface area contributed by atoms with Crippen molar-refractivity contribution in [2.45, 2.75) is 37.2 Å². The summed E-state index contributed by atoms with van der Waals surface area (Å²) in [4.78, 5) is 21.2. The van der Waals surface area contributed by atoms with Crippen LogP contribution in [0.3, 0.4) is 0 Å². The number of thiazole rings is 1. The highest BCUT2D eigenvalue weighted by molar-refractivity contribution is 8.01. The molecule has 0 saturated heterocycles. The molecule has 0 aliphatic carbocycles. The Labute approximate surface area is 215 Å². The fraction of sp³-hybridized carbons (Fsp3) is 0.208. The van der Waals surface area contributed by atoms with E-state index in [0.29, 0.717) is 15.3 Å². The van der Waals surface area contributed by atoms with Crippen molar-refractivity contribution in [3.63, 3.8) is 0 Å². The van der Waals surface area contributed by atoms with Crippen LogP contribution >= 0.6 is 46.3 Å². The Bertz CT molecular complexity index is 1340. The van der Waals surface area contributed by atoms with Crippen molar-refractivity contribution in [1.82, 2.24) is 14.8 Å². The summed E-state index contributed by atoms with van der Waals surface area (Å²) in [6.45, 7) is 8.23. The summed E-state index contributed by atoms with van der Waals surface area (Å²) in [5, 5.41) is 16.9. The van der Waals surface area contributed by atoms with E-state index in [2.05, 4.69) is 13.8 Å². The van der Waals surface area contributed by atoms with Crippen molar-refractivity contribution < 1.29 is 14.7 Å².